The molecule has 3 heteroatoms. The Bertz CT molecular complexity index is 169. The van der Waals surface area contributed by atoms with Crippen LogP contribution in [0.5, 0.6) is 0 Å². The second kappa shape index (κ2) is 2.48. The van der Waals surface area contributed by atoms with Crippen molar-refractivity contribution >= 4 is 5.97 Å². The largest absolute Gasteiger partial charge is 0.480 e. The van der Waals surface area contributed by atoms with Crippen LogP contribution in [0.1, 0.15) is 20.8 Å². The Labute approximate surface area is 67.0 Å². The van der Waals surface area contributed by atoms with E-state index in [4.69, 9.17) is 5.11 Å². The van der Waals surface area contributed by atoms with Gasteiger partial charge in [0.1, 0.15) is 6.04 Å². The first-order valence-electron chi connectivity index (χ1n) is 3.89. The molecule has 0 aliphatic carbocycles. The summed E-state index contributed by atoms with van der Waals surface area (Å²) in [5.74, 6) is -0.722. The maximum atomic E-state index is 10.5. The molecular formula is C8H15NO2. The van der Waals surface area contributed by atoms with E-state index in [9.17, 15) is 4.79 Å². The van der Waals surface area contributed by atoms with Crippen LogP contribution in [-0.2, 0) is 4.79 Å². The van der Waals surface area contributed by atoms with E-state index in [1.165, 1.54) is 0 Å². The molecule has 1 fully saturated rings. The van der Waals surface area contributed by atoms with Gasteiger partial charge in [-0.05, 0) is 12.3 Å². The molecule has 1 aliphatic rings. The minimum absolute atomic E-state index is 0.317. The van der Waals surface area contributed by atoms with Crippen LogP contribution in [0.4, 0.5) is 0 Å². The smallest absolute Gasteiger partial charge is 0.320 e. The summed E-state index contributed by atoms with van der Waals surface area (Å²) in [5.41, 5.74) is 0.323. The lowest BCUT2D eigenvalue weighted by atomic mass is 9.83. The average Bonchev–Trinajstić information content (AvgIpc) is 1.80. The van der Waals surface area contributed by atoms with E-state index in [1.807, 2.05) is 4.90 Å². The zero-order valence-corrected chi connectivity index (χ0v) is 7.29. The maximum Gasteiger partial charge on any atom is 0.320 e. The van der Waals surface area contributed by atoms with Crippen LogP contribution in [0, 0.1) is 5.41 Å². The number of carbonyl (C=O) groups is 1. The van der Waals surface area contributed by atoms with Gasteiger partial charge in [0.25, 0.3) is 0 Å². The summed E-state index contributed by atoms with van der Waals surface area (Å²) in [7, 11) is 0. The fourth-order valence-corrected chi connectivity index (χ4v) is 1.48. The van der Waals surface area contributed by atoms with E-state index in [0.29, 0.717) is 5.41 Å². The van der Waals surface area contributed by atoms with E-state index in [-0.39, 0.29) is 6.04 Å². The number of hydrogen-bond donors (Lipinski definition) is 1. The van der Waals surface area contributed by atoms with Crippen molar-refractivity contribution in [3.05, 3.63) is 0 Å². The van der Waals surface area contributed by atoms with Gasteiger partial charge >= 0.3 is 5.97 Å². The minimum atomic E-state index is -0.722. The first kappa shape index (κ1) is 8.53. The highest BCUT2D eigenvalue weighted by Gasteiger charge is 2.38. The lowest BCUT2D eigenvalue weighted by Gasteiger charge is -2.47. The third kappa shape index (κ3) is 1.71. The van der Waals surface area contributed by atoms with Crippen LogP contribution >= 0.6 is 0 Å². The molecule has 1 atom stereocenters. The van der Waals surface area contributed by atoms with E-state index in [0.717, 1.165) is 13.1 Å². The Kier molecular flexibility index (Phi) is 1.92. The number of carboxylic acids is 1. The van der Waals surface area contributed by atoms with Crippen LogP contribution in [0.15, 0.2) is 0 Å². The number of carboxylic acid groups (broad SMARTS) is 1. The predicted octanol–water partition coefficient (Wildman–Crippen LogP) is 0.801. The highest BCUT2D eigenvalue weighted by Crippen LogP contribution is 2.30. The van der Waals surface area contributed by atoms with Gasteiger partial charge in [0.15, 0.2) is 0 Å². The van der Waals surface area contributed by atoms with E-state index in [2.05, 4.69) is 13.8 Å². The van der Waals surface area contributed by atoms with Crippen molar-refractivity contribution in [2.75, 3.05) is 13.1 Å². The third-order valence-electron chi connectivity index (χ3n) is 2.17. The molecule has 11 heavy (non-hydrogen) atoms. The van der Waals surface area contributed by atoms with Gasteiger partial charge < -0.3 is 5.11 Å². The van der Waals surface area contributed by atoms with Gasteiger partial charge in [0.05, 0.1) is 0 Å². The van der Waals surface area contributed by atoms with Crippen molar-refractivity contribution < 1.29 is 9.90 Å². The topological polar surface area (TPSA) is 40.5 Å². The molecule has 0 amide bonds. The van der Waals surface area contributed by atoms with Crippen LogP contribution < -0.4 is 0 Å². The van der Waals surface area contributed by atoms with Crippen LogP contribution in [0.2, 0.25) is 0 Å². The highest BCUT2D eigenvalue weighted by atomic mass is 16.4. The van der Waals surface area contributed by atoms with E-state index in [1.54, 1.807) is 6.92 Å². The summed E-state index contributed by atoms with van der Waals surface area (Å²) < 4.78 is 0. The van der Waals surface area contributed by atoms with Crippen LogP contribution in [-0.4, -0.2) is 35.1 Å². The first-order chi connectivity index (χ1) is 4.92. The normalized spacial score (nSPS) is 25.7. The monoisotopic (exact) mass is 157 g/mol. The Hall–Kier alpha value is -0.570. The molecular weight excluding hydrogens is 142 g/mol. The summed E-state index contributed by atoms with van der Waals surface area (Å²) in [6.07, 6.45) is 0. The second-order valence-electron chi connectivity index (χ2n) is 4.08. The number of hydrogen-bond acceptors (Lipinski definition) is 2. The van der Waals surface area contributed by atoms with Gasteiger partial charge in [0, 0.05) is 13.1 Å². The number of nitrogens with zero attached hydrogens (tertiary/aromatic N) is 1. The fraction of sp³-hybridized carbons (Fsp3) is 0.875. The molecule has 1 saturated heterocycles. The first-order valence-corrected chi connectivity index (χ1v) is 3.89. The Balaban J connectivity index is 2.38. The molecule has 0 saturated carbocycles. The molecule has 1 heterocycles. The Morgan fingerprint density at radius 1 is 1.55 bits per heavy atom. The van der Waals surface area contributed by atoms with Crippen molar-refractivity contribution in [1.82, 2.24) is 4.90 Å². The zero-order valence-electron chi connectivity index (χ0n) is 7.29. The summed E-state index contributed by atoms with van der Waals surface area (Å²) in [5, 5.41) is 8.65. The lowest BCUT2D eigenvalue weighted by molar-refractivity contribution is -0.147. The maximum absolute atomic E-state index is 10.5. The summed E-state index contributed by atoms with van der Waals surface area (Å²) in [6.45, 7) is 7.84. The molecule has 1 unspecified atom stereocenters. The summed E-state index contributed by atoms with van der Waals surface area (Å²) in [6, 6.07) is -0.317. The number of rotatable bonds is 2. The molecule has 0 spiro atoms. The highest BCUT2D eigenvalue weighted by molar-refractivity contribution is 5.73. The number of likely N-dealkylation sites (tertiary alicyclic amines) is 1. The van der Waals surface area contributed by atoms with Crippen molar-refractivity contribution in [2.45, 2.75) is 26.8 Å². The SMILES string of the molecule is CC(C(=O)O)N1CC(C)(C)C1. The van der Waals surface area contributed by atoms with Gasteiger partial charge in [-0.15, -0.1) is 0 Å². The minimum Gasteiger partial charge on any atom is -0.480 e. The van der Waals surface area contributed by atoms with Crippen LogP contribution in [0.25, 0.3) is 0 Å². The molecule has 0 aromatic rings. The van der Waals surface area contributed by atoms with E-state index < -0.39 is 5.97 Å². The fourth-order valence-electron chi connectivity index (χ4n) is 1.48. The second-order valence-corrected chi connectivity index (χ2v) is 4.08. The average molecular weight is 157 g/mol. The zero-order chi connectivity index (χ0) is 8.65. The molecule has 3 nitrogen and oxygen atoms in total. The molecule has 64 valence electrons. The molecule has 0 radical (unpaired) electrons. The Morgan fingerprint density at radius 3 is 2.27 bits per heavy atom. The molecule has 0 aromatic carbocycles. The summed E-state index contributed by atoms with van der Waals surface area (Å²) in [4.78, 5) is 12.5. The van der Waals surface area contributed by atoms with Crippen LogP contribution in [0.3, 0.4) is 0 Å². The number of aliphatic carboxylic acids is 1. The summed E-state index contributed by atoms with van der Waals surface area (Å²) >= 11 is 0. The molecule has 1 rings (SSSR count). The Morgan fingerprint density at radius 2 is 2.00 bits per heavy atom. The van der Waals surface area contributed by atoms with Crippen molar-refractivity contribution in [1.29, 1.82) is 0 Å². The van der Waals surface area contributed by atoms with Gasteiger partial charge in [-0.1, -0.05) is 13.8 Å². The van der Waals surface area contributed by atoms with Gasteiger partial charge in [-0.2, -0.15) is 0 Å². The van der Waals surface area contributed by atoms with Crippen molar-refractivity contribution in [2.24, 2.45) is 5.41 Å². The third-order valence-corrected chi connectivity index (χ3v) is 2.17. The van der Waals surface area contributed by atoms with Gasteiger partial charge in [-0.25, -0.2) is 0 Å². The molecule has 0 bridgehead atoms. The molecule has 1 aliphatic heterocycles. The lowest BCUT2D eigenvalue weighted by Crippen LogP contribution is -2.58. The molecule has 0 aromatic heterocycles. The van der Waals surface area contributed by atoms with Crippen molar-refractivity contribution in [3.8, 4) is 0 Å². The molecule has 1 N–H and O–H groups in total. The van der Waals surface area contributed by atoms with Gasteiger partial charge in [-0.3, -0.25) is 9.69 Å². The van der Waals surface area contributed by atoms with E-state index >= 15 is 0 Å². The standard InChI is InChI=1S/C8H15NO2/c1-6(7(10)11)9-4-8(2,3)5-9/h6H,4-5H2,1-3H3,(H,10,11). The quantitative estimate of drug-likeness (QED) is 0.644. The van der Waals surface area contributed by atoms with Gasteiger partial charge in [0.2, 0.25) is 0 Å². The predicted molar refractivity (Wildman–Crippen MR) is 42.5 cm³/mol. The van der Waals surface area contributed by atoms with Crippen molar-refractivity contribution in [3.63, 3.8) is 0 Å².